The van der Waals surface area contributed by atoms with Crippen LogP contribution in [0.5, 0.6) is 0 Å². The molecule has 1 aliphatic carbocycles. The van der Waals surface area contributed by atoms with Gasteiger partial charge in [0.25, 0.3) is 11.6 Å². The second-order valence-corrected chi connectivity index (χ2v) is 7.38. The summed E-state index contributed by atoms with van der Waals surface area (Å²) in [6, 6.07) is 8.50. The molecule has 28 heavy (non-hydrogen) atoms. The number of methoxy groups -OCH3 is 2. The lowest BCUT2D eigenvalue weighted by molar-refractivity contribution is -0.193. The van der Waals surface area contributed by atoms with E-state index in [1.807, 2.05) is 0 Å². The van der Waals surface area contributed by atoms with Gasteiger partial charge >= 0.3 is 11.9 Å². The maximum absolute atomic E-state index is 13.3. The van der Waals surface area contributed by atoms with Crippen molar-refractivity contribution in [1.29, 1.82) is 0 Å². The Morgan fingerprint density at radius 1 is 1.14 bits per heavy atom. The summed E-state index contributed by atoms with van der Waals surface area (Å²) in [7, 11) is 2.57. The molecule has 0 bridgehead atoms. The first-order valence-electron chi connectivity index (χ1n) is 9.35. The highest BCUT2D eigenvalue weighted by molar-refractivity contribution is 5.99. The van der Waals surface area contributed by atoms with Gasteiger partial charge in [0.15, 0.2) is 0 Å². The first-order chi connectivity index (χ1) is 13.3. The average Bonchev–Trinajstić information content (AvgIpc) is 3.23. The van der Waals surface area contributed by atoms with E-state index in [2.05, 4.69) is 5.43 Å². The molecule has 1 heterocycles. The molecular weight excluding hydrogens is 364 g/mol. The average molecular weight is 390 g/mol. The summed E-state index contributed by atoms with van der Waals surface area (Å²) in [6.45, 7) is 3.51. The normalized spacial score (nSPS) is 28.9. The number of hydrogen-bond acceptors (Lipinski definition) is 7. The van der Waals surface area contributed by atoms with Gasteiger partial charge in [-0.15, -0.1) is 0 Å². The summed E-state index contributed by atoms with van der Waals surface area (Å²) in [5.74, 6) is -2.37. The largest absolute Gasteiger partial charge is 0.465 e. The summed E-state index contributed by atoms with van der Waals surface area (Å²) in [6.07, 6.45) is 1.27. The quantitative estimate of drug-likeness (QED) is 0.764. The Balaban J connectivity index is 2.11. The Hall–Kier alpha value is -2.45. The standard InChI is InChI=1S/C20H26N2O6/c1-13(2)28-17(24)19-12-8-11-15(19)20(27-4,18(25)26-3)22(21-19)16(23)14-9-6-5-7-10-14/h5-7,9-10,13,15,21H,8,11-12H2,1-4H3/t15-,19+,20+/m0/s1. The van der Waals surface area contributed by atoms with Crippen molar-refractivity contribution in [2.45, 2.75) is 50.5 Å². The number of nitrogens with one attached hydrogen (secondary N) is 1. The van der Waals surface area contributed by atoms with E-state index < -0.39 is 35.0 Å². The van der Waals surface area contributed by atoms with E-state index in [1.54, 1.807) is 44.2 Å². The lowest BCUT2D eigenvalue weighted by Crippen LogP contribution is -2.60. The Kier molecular flexibility index (Phi) is 5.45. The zero-order valence-electron chi connectivity index (χ0n) is 16.6. The molecule has 3 atom stereocenters. The number of hydrazine groups is 1. The van der Waals surface area contributed by atoms with Crippen LogP contribution >= 0.6 is 0 Å². The number of carbonyl (C=O) groups is 3. The van der Waals surface area contributed by atoms with Gasteiger partial charge < -0.3 is 14.2 Å². The molecule has 8 nitrogen and oxygen atoms in total. The molecule has 0 aromatic heterocycles. The first-order valence-corrected chi connectivity index (χ1v) is 9.35. The van der Waals surface area contributed by atoms with Gasteiger partial charge in [0.1, 0.15) is 5.54 Å². The van der Waals surface area contributed by atoms with Crippen LogP contribution in [-0.4, -0.2) is 54.4 Å². The topological polar surface area (TPSA) is 94.2 Å². The van der Waals surface area contributed by atoms with E-state index in [0.29, 0.717) is 24.8 Å². The molecule has 0 spiro atoms. The molecule has 1 amide bonds. The summed E-state index contributed by atoms with van der Waals surface area (Å²) in [5.41, 5.74) is 0.358. The Labute approximate surface area is 164 Å². The van der Waals surface area contributed by atoms with Crippen LogP contribution in [0.25, 0.3) is 0 Å². The minimum Gasteiger partial charge on any atom is -0.465 e. The van der Waals surface area contributed by atoms with Crippen molar-refractivity contribution in [1.82, 2.24) is 10.4 Å². The molecule has 0 unspecified atom stereocenters. The minimum absolute atomic E-state index is 0.334. The SMILES string of the molecule is COC(=O)[C@]1(OC)[C@H]2CCC[C@@]2(C(=O)OC(C)C)NN1C(=O)c1ccccc1. The van der Waals surface area contributed by atoms with Crippen LogP contribution in [0.15, 0.2) is 30.3 Å². The van der Waals surface area contributed by atoms with E-state index in [4.69, 9.17) is 14.2 Å². The molecular formula is C20H26N2O6. The Morgan fingerprint density at radius 3 is 2.39 bits per heavy atom. The number of nitrogens with zero attached hydrogens (tertiary/aromatic N) is 1. The van der Waals surface area contributed by atoms with Crippen molar-refractivity contribution in [3.63, 3.8) is 0 Å². The molecule has 1 aromatic rings. The van der Waals surface area contributed by atoms with Gasteiger partial charge in [0, 0.05) is 12.7 Å². The molecule has 0 radical (unpaired) electrons. The molecule has 8 heteroatoms. The van der Waals surface area contributed by atoms with Gasteiger partial charge in [0.05, 0.1) is 19.1 Å². The molecule has 1 saturated heterocycles. The predicted octanol–water partition coefficient (Wildman–Crippen LogP) is 1.65. The summed E-state index contributed by atoms with van der Waals surface area (Å²) < 4.78 is 16.1. The number of rotatable bonds is 5. The Bertz CT molecular complexity index is 767. The second kappa shape index (κ2) is 7.52. The summed E-state index contributed by atoms with van der Waals surface area (Å²) >= 11 is 0. The van der Waals surface area contributed by atoms with Crippen molar-refractivity contribution in [3.8, 4) is 0 Å². The molecule has 3 rings (SSSR count). The number of fused-ring (bicyclic) bond motifs is 1. The van der Waals surface area contributed by atoms with Crippen LogP contribution in [-0.2, 0) is 23.8 Å². The van der Waals surface area contributed by atoms with Gasteiger partial charge in [-0.25, -0.2) is 20.0 Å². The molecule has 1 aliphatic heterocycles. The Morgan fingerprint density at radius 2 is 1.82 bits per heavy atom. The molecule has 1 saturated carbocycles. The number of ether oxygens (including phenoxy) is 3. The van der Waals surface area contributed by atoms with Gasteiger partial charge in [-0.05, 0) is 38.8 Å². The lowest BCUT2D eigenvalue weighted by Gasteiger charge is -2.36. The van der Waals surface area contributed by atoms with E-state index in [-0.39, 0.29) is 6.10 Å². The second-order valence-electron chi connectivity index (χ2n) is 7.38. The summed E-state index contributed by atoms with van der Waals surface area (Å²) in [5, 5.41) is 1.11. The van der Waals surface area contributed by atoms with Crippen LogP contribution in [0.2, 0.25) is 0 Å². The fourth-order valence-electron chi connectivity index (χ4n) is 4.32. The fourth-order valence-corrected chi connectivity index (χ4v) is 4.32. The van der Waals surface area contributed by atoms with E-state index in [9.17, 15) is 14.4 Å². The predicted molar refractivity (Wildman–Crippen MR) is 98.8 cm³/mol. The zero-order valence-corrected chi connectivity index (χ0v) is 16.6. The van der Waals surface area contributed by atoms with Crippen LogP contribution in [0.4, 0.5) is 0 Å². The van der Waals surface area contributed by atoms with Crippen molar-refractivity contribution in [2.75, 3.05) is 14.2 Å². The van der Waals surface area contributed by atoms with Gasteiger partial charge in [-0.1, -0.05) is 24.6 Å². The number of hydrogen-bond donors (Lipinski definition) is 1. The monoisotopic (exact) mass is 390 g/mol. The third-order valence-electron chi connectivity index (χ3n) is 5.49. The molecule has 152 valence electrons. The molecule has 1 aromatic carbocycles. The van der Waals surface area contributed by atoms with E-state index in [0.717, 1.165) is 5.01 Å². The molecule has 2 fully saturated rings. The summed E-state index contributed by atoms with van der Waals surface area (Å²) in [4.78, 5) is 39.2. The third-order valence-corrected chi connectivity index (χ3v) is 5.49. The maximum Gasteiger partial charge on any atom is 0.361 e. The van der Waals surface area contributed by atoms with Gasteiger partial charge in [-0.3, -0.25) is 4.79 Å². The number of amides is 1. The molecule has 2 aliphatic rings. The van der Waals surface area contributed by atoms with Crippen molar-refractivity contribution < 1.29 is 28.6 Å². The highest BCUT2D eigenvalue weighted by atomic mass is 16.6. The van der Waals surface area contributed by atoms with Crippen LogP contribution in [0, 0.1) is 5.92 Å². The van der Waals surface area contributed by atoms with Crippen LogP contribution in [0.1, 0.15) is 43.5 Å². The number of esters is 2. The van der Waals surface area contributed by atoms with Crippen molar-refractivity contribution in [3.05, 3.63) is 35.9 Å². The van der Waals surface area contributed by atoms with Crippen molar-refractivity contribution in [2.24, 2.45) is 5.92 Å². The van der Waals surface area contributed by atoms with Gasteiger partial charge in [-0.2, -0.15) is 0 Å². The lowest BCUT2D eigenvalue weighted by atomic mass is 9.81. The smallest absolute Gasteiger partial charge is 0.361 e. The van der Waals surface area contributed by atoms with Crippen molar-refractivity contribution >= 4 is 17.8 Å². The number of carbonyl (C=O) groups excluding carboxylic acids is 3. The van der Waals surface area contributed by atoms with Gasteiger partial charge in [0.2, 0.25) is 0 Å². The molecule has 1 N–H and O–H groups in total. The maximum atomic E-state index is 13.3. The van der Waals surface area contributed by atoms with Crippen LogP contribution in [0.3, 0.4) is 0 Å². The van der Waals surface area contributed by atoms with E-state index >= 15 is 0 Å². The minimum atomic E-state index is -1.77. The fraction of sp³-hybridized carbons (Fsp3) is 0.550. The third kappa shape index (κ3) is 2.87. The number of benzene rings is 1. The van der Waals surface area contributed by atoms with Crippen LogP contribution < -0.4 is 5.43 Å². The first kappa shape index (κ1) is 20.3. The highest BCUT2D eigenvalue weighted by Gasteiger charge is 2.73. The zero-order chi connectivity index (χ0) is 20.5. The van der Waals surface area contributed by atoms with E-state index in [1.165, 1.54) is 14.2 Å². The highest BCUT2D eigenvalue weighted by Crippen LogP contribution is 2.51.